The van der Waals surface area contributed by atoms with E-state index < -0.39 is 17.8 Å². The molecule has 4 aromatic rings. The average Bonchev–Trinajstić information content (AvgIpc) is 3.15. The van der Waals surface area contributed by atoms with Crippen LogP contribution in [0.1, 0.15) is 11.1 Å². The van der Waals surface area contributed by atoms with E-state index in [2.05, 4.69) is 15.6 Å². The van der Waals surface area contributed by atoms with Gasteiger partial charge in [0.2, 0.25) is 0 Å². The third-order valence-corrected chi connectivity index (χ3v) is 4.91. The van der Waals surface area contributed by atoms with Gasteiger partial charge in [-0.3, -0.25) is 4.98 Å². The van der Waals surface area contributed by atoms with Crippen molar-refractivity contribution < 1.29 is 22.7 Å². The molecule has 2 heterocycles. The summed E-state index contributed by atoms with van der Waals surface area (Å²) in [5.41, 5.74) is 1.50. The summed E-state index contributed by atoms with van der Waals surface area (Å²) in [4.78, 5) is 16.5. The van der Waals surface area contributed by atoms with E-state index in [-0.39, 0.29) is 11.4 Å². The molecule has 0 saturated carbocycles. The molecule has 0 saturated heterocycles. The molecule has 9 heteroatoms. The summed E-state index contributed by atoms with van der Waals surface area (Å²) >= 11 is 0. The van der Waals surface area contributed by atoms with Crippen molar-refractivity contribution in [2.45, 2.75) is 12.7 Å². The number of anilines is 2. The molecule has 0 aliphatic heterocycles. The zero-order valence-electron chi connectivity index (χ0n) is 17.0. The molecular weight excluding hydrogens is 421 g/mol. The summed E-state index contributed by atoms with van der Waals surface area (Å²) in [7, 11) is 1.32. The van der Waals surface area contributed by atoms with Crippen molar-refractivity contribution in [2.75, 3.05) is 17.7 Å². The third-order valence-electron chi connectivity index (χ3n) is 4.91. The van der Waals surface area contributed by atoms with Crippen molar-refractivity contribution >= 4 is 28.3 Å². The van der Waals surface area contributed by atoms with Gasteiger partial charge in [-0.2, -0.15) is 13.2 Å². The van der Waals surface area contributed by atoms with Crippen LogP contribution in [0.15, 0.2) is 73.2 Å². The van der Waals surface area contributed by atoms with Gasteiger partial charge < -0.3 is 19.9 Å². The van der Waals surface area contributed by atoms with Crippen molar-refractivity contribution in [3.8, 4) is 5.75 Å². The molecule has 0 aliphatic rings. The number of nitrogens with zero attached hydrogens (tertiary/aromatic N) is 2. The number of carbonyl (C=O) groups is 1. The minimum atomic E-state index is -4.54. The fourth-order valence-corrected chi connectivity index (χ4v) is 3.35. The Kier molecular flexibility index (Phi) is 5.72. The predicted molar refractivity (Wildman–Crippen MR) is 116 cm³/mol. The highest BCUT2D eigenvalue weighted by Crippen LogP contribution is 2.35. The van der Waals surface area contributed by atoms with E-state index in [4.69, 9.17) is 4.74 Å². The number of rotatable bonds is 5. The van der Waals surface area contributed by atoms with Gasteiger partial charge in [0.05, 0.1) is 23.9 Å². The van der Waals surface area contributed by atoms with Crippen molar-refractivity contribution in [1.29, 1.82) is 0 Å². The van der Waals surface area contributed by atoms with Gasteiger partial charge in [-0.1, -0.05) is 6.07 Å². The number of hydrogen-bond acceptors (Lipinski definition) is 3. The van der Waals surface area contributed by atoms with E-state index in [1.54, 1.807) is 24.5 Å². The molecule has 0 fully saturated rings. The number of nitrogens with one attached hydrogen (secondary N) is 2. The summed E-state index contributed by atoms with van der Waals surface area (Å²) in [6.45, 7) is 0.628. The zero-order chi connectivity index (χ0) is 22.7. The number of benzene rings is 2. The van der Waals surface area contributed by atoms with Crippen LogP contribution in [0.5, 0.6) is 5.75 Å². The van der Waals surface area contributed by atoms with Gasteiger partial charge in [-0.15, -0.1) is 0 Å². The number of aromatic nitrogens is 2. The molecule has 0 unspecified atom stereocenters. The third kappa shape index (κ3) is 4.66. The van der Waals surface area contributed by atoms with Gasteiger partial charge in [0.15, 0.2) is 0 Å². The first kappa shape index (κ1) is 21.2. The van der Waals surface area contributed by atoms with Crippen molar-refractivity contribution in [2.24, 2.45) is 0 Å². The van der Waals surface area contributed by atoms with Gasteiger partial charge in [0.25, 0.3) is 0 Å². The number of alkyl halides is 3. The number of amides is 2. The van der Waals surface area contributed by atoms with Crippen LogP contribution < -0.4 is 15.4 Å². The molecule has 0 radical (unpaired) electrons. The lowest BCUT2D eigenvalue weighted by Gasteiger charge is -2.14. The van der Waals surface area contributed by atoms with Crippen LogP contribution in [-0.4, -0.2) is 22.7 Å². The number of ether oxygens (including phenoxy) is 1. The highest BCUT2D eigenvalue weighted by atomic mass is 19.4. The molecule has 2 amide bonds. The van der Waals surface area contributed by atoms with E-state index >= 15 is 0 Å². The first-order valence-corrected chi connectivity index (χ1v) is 9.64. The van der Waals surface area contributed by atoms with E-state index in [0.29, 0.717) is 12.2 Å². The normalized spacial score (nSPS) is 11.4. The second-order valence-electron chi connectivity index (χ2n) is 7.06. The molecule has 2 aromatic carbocycles. The van der Waals surface area contributed by atoms with Gasteiger partial charge in [-0.25, -0.2) is 4.79 Å². The first-order chi connectivity index (χ1) is 15.3. The van der Waals surface area contributed by atoms with E-state index in [9.17, 15) is 18.0 Å². The Labute approximate surface area is 181 Å². The summed E-state index contributed by atoms with van der Waals surface area (Å²) in [6, 6.07) is 13.4. The number of methoxy groups -OCH3 is 1. The Morgan fingerprint density at radius 1 is 1.03 bits per heavy atom. The lowest BCUT2D eigenvalue weighted by Crippen LogP contribution is -2.20. The summed E-state index contributed by atoms with van der Waals surface area (Å²) in [5.74, 6) is 0.120. The molecule has 0 aliphatic carbocycles. The Morgan fingerprint density at radius 2 is 1.81 bits per heavy atom. The monoisotopic (exact) mass is 440 g/mol. The highest BCUT2D eigenvalue weighted by molar-refractivity contribution is 6.01. The van der Waals surface area contributed by atoms with Crippen LogP contribution in [0.3, 0.4) is 0 Å². The maximum absolute atomic E-state index is 13.0. The Balaban J connectivity index is 1.53. The van der Waals surface area contributed by atoms with Crippen LogP contribution in [-0.2, 0) is 12.7 Å². The number of urea groups is 1. The van der Waals surface area contributed by atoms with Gasteiger partial charge >= 0.3 is 12.2 Å². The van der Waals surface area contributed by atoms with Crippen molar-refractivity contribution in [3.63, 3.8) is 0 Å². The van der Waals surface area contributed by atoms with Crippen LogP contribution in [0, 0.1) is 0 Å². The molecule has 0 bridgehead atoms. The summed E-state index contributed by atoms with van der Waals surface area (Å²) in [6.07, 6.45) is 0.855. The van der Waals surface area contributed by atoms with Gasteiger partial charge in [0, 0.05) is 30.8 Å². The lowest BCUT2D eigenvalue weighted by molar-refractivity contribution is -0.137. The van der Waals surface area contributed by atoms with Crippen LogP contribution in [0.25, 0.3) is 10.9 Å². The fourth-order valence-electron chi connectivity index (χ4n) is 3.35. The SMILES string of the molecule is COc1ccc(C(F)(F)F)cc1NC(=O)Nc1ccc2ccn(Cc3ccncc3)c2c1. The minimum absolute atomic E-state index is 0.0815. The predicted octanol–water partition coefficient (Wildman–Crippen LogP) is 5.76. The second-order valence-corrected chi connectivity index (χ2v) is 7.06. The molecule has 164 valence electrons. The van der Waals surface area contributed by atoms with Gasteiger partial charge in [0.1, 0.15) is 5.75 Å². The van der Waals surface area contributed by atoms with E-state index in [0.717, 1.165) is 34.7 Å². The number of carbonyl (C=O) groups excluding carboxylic acids is 1. The molecule has 2 N–H and O–H groups in total. The highest BCUT2D eigenvalue weighted by Gasteiger charge is 2.31. The minimum Gasteiger partial charge on any atom is -0.495 e. The Bertz CT molecular complexity index is 1250. The van der Waals surface area contributed by atoms with E-state index in [1.165, 1.54) is 7.11 Å². The maximum Gasteiger partial charge on any atom is 0.416 e. The number of halogens is 3. The molecule has 2 aromatic heterocycles. The number of fused-ring (bicyclic) bond motifs is 1. The molecule has 4 rings (SSSR count). The second kappa shape index (κ2) is 8.62. The van der Waals surface area contributed by atoms with Crippen molar-refractivity contribution in [1.82, 2.24) is 9.55 Å². The fraction of sp³-hybridized carbons (Fsp3) is 0.130. The molecular formula is C23H19F3N4O2. The van der Waals surface area contributed by atoms with E-state index in [1.807, 2.05) is 35.0 Å². The number of hydrogen-bond donors (Lipinski definition) is 2. The Hall–Kier alpha value is -4.01. The smallest absolute Gasteiger partial charge is 0.416 e. The molecule has 32 heavy (non-hydrogen) atoms. The summed E-state index contributed by atoms with van der Waals surface area (Å²) < 4.78 is 46.2. The quantitative estimate of drug-likeness (QED) is 0.415. The Morgan fingerprint density at radius 3 is 2.53 bits per heavy atom. The maximum atomic E-state index is 13.0. The standard InChI is InChI=1S/C23H19F3N4O2/c1-32-21-5-3-17(23(24,25)26)12-19(21)29-22(31)28-18-4-2-16-8-11-30(20(16)13-18)14-15-6-9-27-10-7-15/h2-13H,14H2,1H3,(H2,28,29,31). The topological polar surface area (TPSA) is 68.2 Å². The number of pyridine rings is 1. The van der Waals surface area contributed by atoms with Crippen LogP contribution in [0.4, 0.5) is 29.3 Å². The van der Waals surface area contributed by atoms with Crippen LogP contribution in [0.2, 0.25) is 0 Å². The zero-order valence-corrected chi connectivity index (χ0v) is 17.0. The molecule has 0 atom stereocenters. The van der Waals surface area contributed by atoms with Crippen molar-refractivity contribution in [3.05, 3.63) is 84.3 Å². The van der Waals surface area contributed by atoms with Gasteiger partial charge in [-0.05, 0) is 59.5 Å². The largest absolute Gasteiger partial charge is 0.495 e. The first-order valence-electron chi connectivity index (χ1n) is 9.64. The molecule has 0 spiro atoms. The lowest BCUT2D eigenvalue weighted by atomic mass is 10.2. The molecule has 6 nitrogen and oxygen atoms in total. The van der Waals surface area contributed by atoms with Crippen LogP contribution >= 0.6 is 0 Å². The summed E-state index contributed by atoms with van der Waals surface area (Å²) in [5, 5.41) is 6.08. The average molecular weight is 440 g/mol.